The van der Waals surface area contributed by atoms with Crippen molar-refractivity contribution in [1.29, 1.82) is 0 Å². The molecule has 1 aromatic rings. The Balaban J connectivity index is 2.64. The van der Waals surface area contributed by atoms with Crippen LogP contribution in [0.25, 0.3) is 0 Å². The maximum atomic E-state index is 5.42. The summed E-state index contributed by atoms with van der Waals surface area (Å²) in [6.45, 7) is 9.61. The highest BCUT2D eigenvalue weighted by molar-refractivity contribution is 5.27. The summed E-state index contributed by atoms with van der Waals surface area (Å²) < 4.78 is 5.42. The highest BCUT2D eigenvalue weighted by Crippen LogP contribution is 2.26. The summed E-state index contributed by atoms with van der Waals surface area (Å²) in [5, 5.41) is 0. The van der Waals surface area contributed by atoms with Gasteiger partial charge in [0, 0.05) is 0 Å². The van der Waals surface area contributed by atoms with E-state index in [0.717, 1.165) is 18.8 Å². The molecule has 0 saturated heterocycles. The van der Waals surface area contributed by atoms with E-state index in [1.54, 1.807) is 0 Å². The second-order valence-electron chi connectivity index (χ2n) is 4.77. The molecule has 0 saturated carbocycles. The summed E-state index contributed by atoms with van der Waals surface area (Å²) >= 11 is 0. The molecular weight excluding hydrogens is 184 g/mol. The van der Waals surface area contributed by atoms with Crippen LogP contribution in [-0.2, 0) is 6.42 Å². The van der Waals surface area contributed by atoms with Gasteiger partial charge in [0.05, 0.1) is 6.61 Å². The third kappa shape index (κ3) is 3.94. The summed E-state index contributed by atoms with van der Waals surface area (Å²) in [7, 11) is 0. The molecule has 0 bridgehead atoms. The molecular formula is C14H22O. The summed E-state index contributed by atoms with van der Waals surface area (Å²) in [6, 6.07) is 8.46. The van der Waals surface area contributed by atoms with Crippen LogP contribution in [0.1, 0.15) is 39.7 Å². The van der Waals surface area contributed by atoms with E-state index >= 15 is 0 Å². The maximum Gasteiger partial charge on any atom is 0.119 e. The van der Waals surface area contributed by atoms with Gasteiger partial charge in [0.15, 0.2) is 0 Å². The third-order valence-electron chi connectivity index (χ3n) is 2.87. The van der Waals surface area contributed by atoms with Crippen molar-refractivity contribution in [2.24, 2.45) is 5.41 Å². The van der Waals surface area contributed by atoms with Crippen molar-refractivity contribution in [3.8, 4) is 5.75 Å². The Hall–Kier alpha value is -0.980. The van der Waals surface area contributed by atoms with Crippen molar-refractivity contribution in [2.45, 2.75) is 40.5 Å². The van der Waals surface area contributed by atoms with E-state index in [4.69, 9.17) is 4.74 Å². The number of rotatable bonds is 5. The average molecular weight is 206 g/mol. The van der Waals surface area contributed by atoms with Gasteiger partial charge in [0.1, 0.15) is 5.75 Å². The molecule has 0 aromatic heterocycles. The molecule has 0 fully saturated rings. The number of ether oxygens (including phenoxy) is 1. The summed E-state index contributed by atoms with van der Waals surface area (Å²) in [5.74, 6) is 0.968. The molecule has 0 atom stereocenters. The zero-order valence-electron chi connectivity index (χ0n) is 10.3. The van der Waals surface area contributed by atoms with E-state index < -0.39 is 0 Å². The van der Waals surface area contributed by atoms with Crippen LogP contribution in [0, 0.1) is 5.41 Å². The van der Waals surface area contributed by atoms with Gasteiger partial charge in [-0.3, -0.25) is 0 Å². The largest absolute Gasteiger partial charge is 0.494 e. The van der Waals surface area contributed by atoms with Crippen molar-refractivity contribution in [3.63, 3.8) is 0 Å². The van der Waals surface area contributed by atoms with Gasteiger partial charge in [-0.2, -0.15) is 0 Å². The lowest BCUT2D eigenvalue weighted by Crippen LogP contribution is -2.13. The van der Waals surface area contributed by atoms with E-state index in [2.05, 4.69) is 45.0 Å². The molecule has 1 nitrogen and oxygen atoms in total. The van der Waals surface area contributed by atoms with Gasteiger partial charge in [0.25, 0.3) is 0 Å². The number of benzene rings is 1. The molecule has 1 rings (SSSR count). The Bertz CT molecular complexity index is 285. The minimum Gasteiger partial charge on any atom is -0.494 e. The Morgan fingerprint density at radius 3 is 2.13 bits per heavy atom. The monoisotopic (exact) mass is 206 g/mol. The molecule has 0 aliphatic heterocycles. The minimum absolute atomic E-state index is 0.396. The fourth-order valence-electron chi connectivity index (χ4n) is 1.55. The number of hydrogen-bond acceptors (Lipinski definition) is 1. The van der Waals surface area contributed by atoms with Gasteiger partial charge >= 0.3 is 0 Å². The van der Waals surface area contributed by atoms with Crippen LogP contribution in [0.15, 0.2) is 24.3 Å². The van der Waals surface area contributed by atoms with Crippen molar-refractivity contribution >= 4 is 0 Å². The van der Waals surface area contributed by atoms with Crippen LogP contribution in [0.3, 0.4) is 0 Å². The van der Waals surface area contributed by atoms with Crippen LogP contribution in [0.2, 0.25) is 0 Å². The standard InChI is InChI=1S/C14H22O/c1-5-14(3,4)11-12-7-9-13(10-8-12)15-6-2/h7-10H,5-6,11H2,1-4H3. The molecule has 0 aliphatic rings. The average Bonchev–Trinajstić information content (AvgIpc) is 2.21. The quantitative estimate of drug-likeness (QED) is 0.705. The molecule has 0 heterocycles. The van der Waals surface area contributed by atoms with Crippen LogP contribution >= 0.6 is 0 Å². The van der Waals surface area contributed by atoms with Crippen LogP contribution in [-0.4, -0.2) is 6.61 Å². The predicted molar refractivity (Wildman–Crippen MR) is 65.4 cm³/mol. The van der Waals surface area contributed by atoms with Crippen molar-refractivity contribution in [2.75, 3.05) is 6.61 Å². The van der Waals surface area contributed by atoms with Gasteiger partial charge in [-0.1, -0.05) is 39.3 Å². The topological polar surface area (TPSA) is 9.23 Å². The first-order chi connectivity index (χ1) is 7.07. The molecule has 0 unspecified atom stereocenters. The molecule has 15 heavy (non-hydrogen) atoms. The first-order valence-electron chi connectivity index (χ1n) is 5.79. The molecule has 0 N–H and O–H groups in total. The Kier molecular flexibility index (Phi) is 4.19. The van der Waals surface area contributed by atoms with Gasteiger partial charge in [-0.05, 0) is 36.5 Å². The third-order valence-corrected chi connectivity index (χ3v) is 2.87. The second kappa shape index (κ2) is 5.20. The SMILES string of the molecule is CCOc1ccc(CC(C)(C)CC)cc1. The summed E-state index contributed by atoms with van der Waals surface area (Å²) in [5.41, 5.74) is 1.79. The van der Waals surface area contributed by atoms with E-state index in [-0.39, 0.29) is 0 Å². The second-order valence-corrected chi connectivity index (χ2v) is 4.77. The Labute approximate surface area is 93.5 Å². The molecule has 0 amide bonds. The first-order valence-corrected chi connectivity index (χ1v) is 5.79. The fraction of sp³-hybridized carbons (Fsp3) is 0.571. The first kappa shape index (κ1) is 12.1. The smallest absolute Gasteiger partial charge is 0.119 e. The highest BCUT2D eigenvalue weighted by Gasteiger charge is 2.15. The Morgan fingerprint density at radius 2 is 1.67 bits per heavy atom. The maximum absolute atomic E-state index is 5.42. The molecule has 0 spiro atoms. The van der Waals surface area contributed by atoms with Gasteiger partial charge in [-0.15, -0.1) is 0 Å². The summed E-state index contributed by atoms with van der Waals surface area (Å²) in [4.78, 5) is 0. The summed E-state index contributed by atoms with van der Waals surface area (Å²) in [6.07, 6.45) is 2.34. The van der Waals surface area contributed by atoms with Gasteiger partial charge in [-0.25, -0.2) is 0 Å². The van der Waals surface area contributed by atoms with Crippen LogP contribution in [0.5, 0.6) is 5.75 Å². The van der Waals surface area contributed by atoms with E-state index in [1.165, 1.54) is 12.0 Å². The predicted octanol–water partition coefficient (Wildman–Crippen LogP) is 4.06. The highest BCUT2D eigenvalue weighted by atomic mass is 16.5. The van der Waals surface area contributed by atoms with Crippen molar-refractivity contribution in [1.82, 2.24) is 0 Å². The van der Waals surface area contributed by atoms with Crippen LogP contribution in [0.4, 0.5) is 0 Å². The molecule has 0 aliphatic carbocycles. The van der Waals surface area contributed by atoms with Crippen LogP contribution < -0.4 is 4.74 Å². The normalized spacial score (nSPS) is 11.5. The zero-order valence-corrected chi connectivity index (χ0v) is 10.3. The minimum atomic E-state index is 0.396. The lowest BCUT2D eigenvalue weighted by molar-refractivity contribution is 0.338. The van der Waals surface area contributed by atoms with E-state index in [1.807, 2.05) is 6.92 Å². The van der Waals surface area contributed by atoms with Crippen molar-refractivity contribution in [3.05, 3.63) is 29.8 Å². The van der Waals surface area contributed by atoms with Gasteiger partial charge < -0.3 is 4.74 Å². The van der Waals surface area contributed by atoms with Crippen molar-refractivity contribution < 1.29 is 4.74 Å². The Morgan fingerprint density at radius 1 is 1.07 bits per heavy atom. The van der Waals surface area contributed by atoms with E-state index in [0.29, 0.717) is 5.41 Å². The molecule has 1 heteroatoms. The lowest BCUT2D eigenvalue weighted by atomic mass is 9.83. The van der Waals surface area contributed by atoms with Gasteiger partial charge in [0.2, 0.25) is 0 Å². The fourth-order valence-corrected chi connectivity index (χ4v) is 1.55. The lowest BCUT2D eigenvalue weighted by Gasteiger charge is -2.22. The molecule has 0 radical (unpaired) electrons. The number of hydrogen-bond donors (Lipinski definition) is 0. The zero-order chi connectivity index (χ0) is 11.3. The molecule has 1 aromatic carbocycles. The van der Waals surface area contributed by atoms with E-state index in [9.17, 15) is 0 Å². The molecule has 84 valence electrons.